The van der Waals surface area contributed by atoms with Crippen LogP contribution in [-0.4, -0.2) is 17.7 Å². The normalized spacial score (nSPS) is 17.2. The van der Waals surface area contributed by atoms with Crippen LogP contribution in [0.25, 0.3) is 0 Å². The molecule has 0 saturated heterocycles. The predicted octanol–water partition coefficient (Wildman–Crippen LogP) is 1.07. The average Bonchev–Trinajstić information content (AvgIpc) is 2.56. The number of carbonyl (C=O) groups is 1. The first-order chi connectivity index (χ1) is 7.37. The summed E-state index contributed by atoms with van der Waals surface area (Å²) < 4.78 is 38.4. The second-order valence-electron chi connectivity index (χ2n) is 3.33. The summed E-state index contributed by atoms with van der Waals surface area (Å²) in [7, 11) is 0. The van der Waals surface area contributed by atoms with Gasteiger partial charge in [-0.1, -0.05) is 6.07 Å². The monoisotopic (exact) mass is 230 g/mol. The molecule has 1 aliphatic rings. The Balaban J connectivity index is 2.47. The van der Waals surface area contributed by atoms with Gasteiger partial charge in [0, 0.05) is 0 Å². The first-order valence-corrected chi connectivity index (χ1v) is 4.30. The number of amides is 1. The van der Waals surface area contributed by atoms with Gasteiger partial charge in [-0.15, -0.1) is 0 Å². The van der Waals surface area contributed by atoms with Crippen molar-refractivity contribution in [2.75, 3.05) is 10.6 Å². The number of alkyl halides is 3. The van der Waals surface area contributed by atoms with Crippen LogP contribution in [0.15, 0.2) is 18.2 Å². The minimum atomic E-state index is -4.84. The Morgan fingerprint density at radius 3 is 2.50 bits per heavy atom. The summed E-state index contributed by atoms with van der Waals surface area (Å²) in [5.41, 5.74) is 2.16. The maximum Gasteiger partial charge on any atom is 0.439 e. The van der Waals surface area contributed by atoms with E-state index >= 15 is 0 Å². The second-order valence-corrected chi connectivity index (χ2v) is 3.33. The molecule has 0 aliphatic carbocycles. The number of rotatable bonds is 1. The van der Waals surface area contributed by atoms with Crippen molar-refractivity contribution in [3.05, 3.63) is 24.3 Å². The van der Waals surface area contributed by atoms with Crippen molar-refractivity contribution < 1.29 is 18.0 Å². The molecule has 85 valence electrons. The lowest BCUT2D eigenvalue weighted by atomic mass is 10.1. The third kappa shape index (κ3) is 1.28. The fourth-order valence-electron chi connectivity index (χ4n) is 1.48. The van der Waals surface area contributed by atoms with Gasteiger partial charge in [-0.25, -0.2) is 0 Å². The van der Waals surface area contributed by atoms with Gasteiger partial charge in [0.2, 0.25) is 0 Å². The lowest BCUT2D eigenvalue weighted by Crippen LogP contribution is -2.63. The summed E-state index contributed by atoms with van der Waals surface area (Å²) >= 11 is 0. The van der Waals surface area contributed by atoms with Gasteiger partial charge >= 0.3 is 6.18 Å². The fraction of sp³-hybridized carbons (Fsp3) is 0.222. The molecule has 7 heteroatoms. The molecule has 0 fully saturated rings. The zero-order valence-corrected chi connectivity index (χ0v) is 7.85. The van der Waals surface area contributed by atoms with Gasteiger partial charge in [-0.3, -0.25) is 4.79 Å². The van der Waals surface area contributed by atoms with Crippen LogP contribution in [0.1, 0.15) is 0 Å². The molecule has 1 aliphatic heterocycles. The molecule has 0 aromatic heterocycles. The van der Waals surface area contributed by atoms with Gasteiger partial charge in [-0.05, 0) is 18.2 Å². The smallest absolute Gasteiger partial charge is 0.366 e. The van der Waals surface area contributed by atoms with Crippen LogP contribution < -0.4 is 16.4 Å². The Morgan fingerprint density at radius 2 is 2.00 bits per heavy atom. The molecule has 0 saturated carbocycles. The molecule has 1 heterocycles. The molecule has 4 N–H and O–H groups in total. The molecule has 2 rings (SSSR count). The Hall–Kier alpha value is -1.92. The van der Waals surface area contributed by atoms with Gasteiger partial charge in [0.25, 0.3) is 11.6 Å². The summed E-state index contributed by atoms with van der Waals surface area (Å²) in [6, 6.07) is 6.71. The van der Waals surface area contributed by atoms with Crippen molar-refractivity contribution in [2.45, 2.75) is 11.8 Å². The van der Waals surface area contributed by atoms with Crippen LogP contribution in [0.3, 0.4) is 0 Å². The molecular formula is C9H7F3N3O. The lowest BCUT2D eigenvalue weighted by molar-refractivity contribution is -0.177. The molecule has 4 nitrogen and oxygen atoms in total. The molecule has 1 atom stereocenters. The number of halogens is 3. The van der Waals surface area contributed by atoms with Crippen molar-refractivity contribution >= 4 is 17.3 Å². The van der Waals surface area contributed by atoms with E-state index in [4.69, 9.17) is 5.73 Å². The van der Waals surface area contributed by atoms with Gasteiger partial charge in [-0.2, -0.15) is 13.2 Å². The van der Waals surface area contributed by atoms with Crippen molar-refractivity contribution in [1.29, 1.82) is 0 Å². The van der Waals surface area contributed by atoms with Gasteiger partial charge in [0.15, 0.2) is 0 Å². The maximum atomic E-state index is 12.8. The average molecular weight is 230 g/mol. The van der Waals surface area contributed by atoms with Crippen LogP contribution in [0.5, 0.6) is 0 Å². The third-order valence-corrected chi connectivity index (χ3v) is 2.30. The minimum Gasteiger partial charge on any atom is -0.366 e. The van der Waals surface area contributed by atoms with E-state index in [9.17, 15) is 18.0 Å². The van der Waals surface area contributed by atoms with Crippen molar-refractivity contribution in [2.24, 2.45) is 5.73 Å². The lowest BCUT2D eigenvalue weighted by Gasteiger charge is -2.29. The van der Waals surface area contributed by atoms with Gasteiger partial charge < -0.3 is 16.4 Å². The van der Waals surface area contributed by atoms with Gasteiger partial charge in [0.05, 0.1) is 11.4 Å². The molecule has 1 radical (unpaired) electrons. The highest BCUT2D eigenvalue weighted by Crippen LogP contribution is 2.42. The quantitative estimate of drug-likeness (QED) is 0.676. The highest BCUT2D eigenvalue weighted by Gasteiger charge is 2.62. The molecule has 0 spiro atoms. The summed E-state index contributed by atoms with van der Waals surface area (Å²) in [6.45, 7) is 0. The minimum absolute atomic E-state index is 0.138. The maximum absolute atomic E-state index is 12.8. The molecule has 1 aromatic carbocycles. The van der Waals surface area contributed by atoms with Crippen molar-refractivity contribution in [3.8, 4) is 0 Å². The topological polar surface area (TPSA) is 67.2 Å². The molecule has 0 bridgehead atoms. The zero-order chi connectivity index (χ0) is 12.0. The van der Waals surface area contributed by atoms with Crippen LogP contribution in [0.2, 0.25) is 0 Å². The first kappa shape index (κ1) is 10.6. The number of benzene rings is 1. The number of hydrogen-bond donors (Lipinski definition) is 3. The number of carbonyl (C=O) groups excluding carboxylic acids is 1. The zero-order valence-electron chi connectivity index (χ0n) is 7.85. The van der Waals surface area contributed by atoms with Crippen LogP contribution in [0, 0.1) is 6.07 Å². The largest absolute Gasteiger partial charge is 0.439 e. The predicted molar refractivity (Wildman–Crippen MR) is 50.5 cm³/mol. The van der Waals surface area contributed by atoms with E-state index in [0.29, 0.717) is 0 Å². The van der Waals surface area contributed by atoms with Crippen LogP contribution in [0.4, 0.5) is 24.5 Å². The van der Waals surface area contributed by atoms with Crippen LogP contribution >= 0.6 is 0 Å². The molecule has 1 amide bonds. The standard InChI is InChI=1S/C9H7F3N3O/c10-9(11,12)8(7(13)16)14-5-3-1-2-4-6(5)15-8/h1,3-4,14-15H,(H2,13,16). The van der Waals surface area contributed by atoms with Crippen molar-refractivity contribution in [3.63, 3.8) is 0 Å². The number of hydrogen-bond acceptors (Lipinski definition) is 3. The Kier molecular flexibility index (Phi) is 2.01. The summed E-state index contributed by atoms with van der Waals surface area (Å²) in [5.74, 6) is -1.53. The van der Waals surface area contributed by atoms with E-state index in [1.165, 1.54) is 18.2 Å². The number of nitrogens with two attached hydrogens (primary N) is 1. The SMILES string of the molecule is NC(=O)C1(C(F)(F)F)Nc2c[c]ccc2N1. The van der Waals surface area contributed by atoms with E-state index in [-0.39, 0.29) is 11.4 Å². The highest BCUT2D eigenvalue weighted by molar-refractivity contribution is 5.97. The summed E-state index contributed by atoms with van der Waals surface area (Å²) in [4.78, 5) is 11.0. The molecule has 1 unspecified atom stereocenters. The Bertz CT molecular complexity index is 419. The molecule has 16 heavy (non-hydrogen) atoms. The van der Waals surface area contributed by atoms with E-state index in [2.05, 4.69) is 11.4 Å². The number of anilines is 2. The molecular weight excluding hydrogens is 223 g/mol. The van der Waals surface area contributed by atoms with E-state index in [1.807, 2.05) is 5.32 Å². The van der Waals surface area contributed by atoms with Gasteiger partial charge in [0.1, 0.15) is 0 Å². The Morgan fingerprint density at radius 1 is 1.38 bits per heavy atom. The van der Waals surface area contributed by atoms with E-state index in [1.54, 1.807) is 0 Å². The third-order valence-electron chi connectivity index (χ3n) is 2.30. The number of fused-ring (bicyclic) bond motifs is 1. The Labute approximate surface area is 88.6 Å². The number of primary amides is 1. The number of nitrogens with one attached hydrogen (secondary N) is 2. The summed E-state index contributed by atoms with van der Waals surface area (Å²) in [5, 5.41) is 4.10. The first-order valence-electron chi connectivity index (χ1n) is 4.30. The fourth-order valence-corrected chi connectivity index (χ4v) is 1.48. The highest BCUT2D eigenvalue weighted by atomic mass is 19.4. The van der Waals surface area contributed by atoms with Crippen LogP contribution in [-0.2, 0) is 4.79 Å². The van der Waals surface area contributed by atoms with E-state index < -0.39 is 17.7 Å². The summed E-state index contributed by atoms with van der Waals surface area (Å²) in [6.07, 6.45) is -4.84. The van der Waals surface area contributed by atoms with E-state index in [0.717, 1.165) is 0 Å². The second kappa shape index (κ2) is 3.03. The van der Waals surface area contributed by atoms with Crippen molar-refractivity contribution in [1.82, 2.24) is 0 Å². The molecule has 1 aromatic rings.